The molecular weight excluding hydrogens is 376 g/mol. The second-order valence-electron chi connectivity index (χ2n) is 5.98. The molecule has 3 aromatic carbocycles. The summed E-state index contributed by atoms with van der Waals surface area (Å²) in [5.41, 5.74) is 3.67. The van der Waals surface area contributed by atoms with Gasteiger partial charge in [0.2, 0.25) is 0 Å². The van der Waals surface area contributed by atoms with Gasteiger partial charge >= 0.3 is 0 Å². The molecule has 2 aromatic heterocycles. The van der Waals surface area contributed by atoms with Crippen molar-refractivity contribution in [3.05, 3.63) is 93.7 Å². The lowest BCUT2D eigenvalue weighted by molar-refractivity contribution is 1.00. The van der Waals surface area contributed by atoms with E-state index in [9.17, 15) is 4.79 Å². The third-order valence-electron chi connectivity index (χ3n) is 4.59. The largest absolute Gasteiger partial charge is 0.294 e. The van der Waals surface area contributed by atoms with Crippen LogP contribution >= 0.6 is 15.9 Å². The van der Waals surface area contributed by atoms with Crippen LogP contribution in [0.15, 0.2) is 88.1 Å². The lowest BCUT2D eigenvalue weighted by Gasteiger charge is -2.13. The van der Waals surface area contributed by atoms with Crippen molar-refractivity contribution in [1.82, 2.24) is 8.97 Å². The zero-order valence-electron chi connectivity index (χ0n) is 13.2. The Balaban J connectivity index is 2.17. The van der Waals surface area contributed by atoms with Crippen LogP contribution in [0.2, 0.25) is 0 Å². The summed E-state index contributed by atoms with van der Waals surface area (Å²) >= 11 is 3.74. The molecule has 5 aromatic rings. The van der Waals surface area contributed by atoms with Gasteiger partial charge in [0, 0.05) is 5.39 Å². The van der Waals surface area contributed by atoms with Gasteiger partial charge in [-0.2, -0.15) is 0 Å². The van der Waals surface area contributed by atoms with E-state index in [0.29, 0.717) is 5.39 Å². The van der Waals surface area contributed by atoms with Crippen molar-refractivity contribution in [1.29, 1.82) is 0 Å². The van der Waals surface area contributed by atoms with Gasteiger partial charge in [-0.05, 0) is 46.3 Å². The molecule has 0 fully saturated rings. The minimum absolute atomic E-state index is 0.0159. The van der Waals surface area contributed by atoms with Gasteiger partial charge < -0.3 is 0 Å². The molecule has 5 rings (SSSR count). The fourth-order valence-electron chi connectivity index (χ4n) is 3.51. The molecule has 0 unspecified atom stereocenters. The monoisotopic (exact) mass is 388 g/mol. The number of para-hydroxylation sites is 3. The van der Waals surface area contributed by atoms with E-state index in [-0.39, 0.29) is 5.56 Å². The van der Waals surface area contributed by atoms with Gasteiger partial charge in [-0.25, -0.2) is 0 Å². The number of hydrogen-bond donors (Lipinski definition) is 0. The molecule has 4 heteroatoms. The second-order valence-corrected chi connectivity index (χ2v) is 6.78. The summed E-state index contributed by atoms with van der Waals surface area (Å²) in [5, 5.41) is 1.79. The van der Waals surface area contributed by atoms with E-state index in [1.165, 1.54) is 0 Å². The highest BCUT2D eigenvalue weighted by molar-refractivity contribution is 9.10. The first kappa shape index (κ1) is 14.5. The normalized spacial score (nSPS) is 11.6. The fourth-order valence-corrected chi connectivity index (χ4v) is 4.20. The molecule has 0 saturated heterocycles. The summed E-state index contributed by atoms with van der Waals surface area (Å²) in [5.74, 6) is 0. The minimum atomic E-state index is -0.0159. The maximum atomic E-state index is 13.3. The molecule has 0 aliphatic rings. The highest BCUT2D eigenvalue weighted by Gasteiger charge is 2.18. The Labute approximate surface area is 151 Å². The molecular formula is C21H13BrN2O. The Morgan fingerprint density at radius 2 is 1.24 bits per heavy atom. The summed E-state index contributed by atoms with van der Waals surface area (Å²) < 4.78 is 4.87. The van der Waals surface area contributed by atoms with E-state index >= 15 is 0 Å². The molecule has 0 aliphatic carbocycles. The zero-order chi connectivity index (χ0) is 17.0. The molecule has 0 spiro atoms. The Morgan fingerprint density at radius 1 is 0.680 bits per heavy atom. The molecule has 0 amide bonds. The number of halogens is 1. The van der Waals surface area contributed by atoms with Crippen LogP contribution in [0, 0.1) is 0 Å². The van der Waals surface area contributed by atoms with E-state index in [4.69, 9.17) is 0 Å². The van der Waals surface area contributed by atoms with Gasteiger partial charge in [-0.1, -0.05) is 48.5 Å². The maximum Gasteiger partial charge on any atom is 0.266 e. The van der Waals surface area contributed by atoms with Crippen molar-refractivity contribution in [2.45, 2.75) is 0 Å². The van der Waals surface area contributed by atoms with Crippen LogP contribution in [0.4, 0.5) is 0 Å². The first-order valence-electron chi connectivity index (χ1n) is 8.05. The third-order valence-corrected chi connectivity index (χ3v) is 5.38. The molecule has 0 aliphatic heterocycles. The van der Waals surface area contributed by atoms with E-state index in [1.807, 2.05) is 66.7 Å². The van der Waals surface area contributed by atoms with E-state index in [1.54, 1.807) is 4.57 Å². The molecule has 25 heavy (non-hydrogen) atoms. The van der Waals surface area contributed by atoms with Crippen molar-refractivity contribution in [3.8, 4) is 5.69 Å². The Hall–Kier alpha value is -2.85. The first-order valence-corrected chi connectivity index (χ1v) is 8.84. The predicted molar refractivity (Wildman–Crippen MR) is 106 cm³/mol. The van der Waals surface area contributed by atoms with E-state index < -0.39 is 0 Å². The fraction of sp³-hybridized carbons (Fsp3) is 0. The highest BCUT2D eigenvalue weighted by atomic mass is 79.9. The van der Waals surface area contributed by atoms with Gasteiger partial charge in [0.1, 0.15) is 5.65 Å². The molecule has 0 bridgehead atoms. The SMILES string of the molecule is O=c1c2ccccc2n2c3ccccc3c(Br)c2n1-c1ccccc1. The summed E-state index contributed by atoms with van der Waals surface area (Å²) in [4.78, 5) is 13.3. The third kappa shape index (κ3) is 1.94. The Bertz CT molecular complexity index is 1320. The molecule has 120 valence electrons. The van der Waals surface area contributed by atoms with Crippen molar-refractivity contribution in [3.63, 3.8) is 0 Å². The van der Waals surface area contributed by atoms with Crippen molar-refractivity contribution >= 4 is 43.4 Å². The molecule has 0 N–H and O–H groups in total. The second kappa shape index (κ2) is 5.33. The number of hydrogen-bond acceptors (Lipinski definition) is 1. The quantitative estimate of drug-likeness (QED) is 0.389. The number of nitrogens with zero attached hydrogens (tertiary/aromatic N) is 2. The maximum absolute atomic E-state index is 13.3. The zero-order valence-corrected chi connectivity index (χ0v) is 14.8. The topological polar surface area (TPSA) is 26.4 Å². The average molecular weight is 389 g/mol. The minimum Gasteiger partial charge on any atom is -0.294 e. The average Bonchev–Trinajstić information content (AvgIpc) is 2.96. The molecule has 0 saturated carbocycles. The first-order chi connectivity index (χ1) is 12.3. The van der Waals surface area contributed by atoms with Crippen molar-refractivity contribution < 1.29 is 0 Å². The Kier molecular flexibility index (Phi) is 3.09. The number of benzene rings is 3. The summed E-state index contributed by atoms with van der Waals surface area (Å²) in [6, 6.07) is 25.7. The van der Waals surface area contributed by atoms with Gasteiger partial charge in [0.15, 0.2) is 0 Å². The van der Waals surface area contributed by atoms with E-state index in [2.05, 4.69) is 32.5 Å². The van der Waals surface area contributed by atoms with Crippen LogP contribution in [-0.4, -0.2) is 8.97 Å². The summed E-state index contributed by atoms with van der Waals surface area (Å²) in [7, 11) is 0. The predicted octanol–water partition coefficient (Wildman–Crippen LogP) is 5.16. The number of fused-ring (bicyclic) bond motifs is 5. The smallest absolute Gasteiger partial charge is 0.266 e. The van der Waals surface area contributed by atoms with Crippen LogP contribution in [0.5, 0.6) is 0 Å². The molecule has 0 atom stereocenters. The van der Waals surface area contributed by atoms with Crippen LogP contribution < -0.4 is 5.56 Å². The molecule has 2 heterocycles. The van der Waals surface area contributed by atoms with Crippen LogP contribution in [0.3, 0.4) is 0 Å². The van der Waals surface area contributed by atoms with Crippen molar-refractivity contribution in [2.75, 3.05) is 0 Å². The number of aromatic nitrogens is 2. The number of rotatable bonds is 1. The lowest BCUT2D eigenvalue weighted by Crippen LogP contribution is -2.21. The van der Waals surface area contributed by atoms with Crippen LogP contribution in [0.25, 0.3) is 33.1 Å². The van der Waals surface area contributed by atoms with Crippen LogP contribution in [-0.2, 0) is 0 Å². The lowest BCUT2D eigenvalue weighted by atomic mass is 10.2. The molecule has 3 nitrogen and oxygen atoms in total. The summed E-state index contributed by atoms with van der Waals surface area (Å²) in [6.45, 7) is 0. The van der Waals surface area contributed by atoms with Crippen molar-refractivity contribution in [2.24, 2.45) is 0 Å². The highest BCUT2D eigenvalue weighted by Crippen LogP contribution is 2.34. The standard InChI is InChI=1S/C21H13BrN2O/c22-19-15-10-4-6-12-17(15)24-18-13-7-5-11-16(18)21(25)23(20(19)24)14-8-2-1-3-9-14/h1-13H. The van der Waals surface area contributed by atoms with E-state index in [0.717, 1.165) is 32.2 Å². The molecule has 0 radical (unpaired) electrons. The summed E-state index contributed by atoms with van der Waals surface area (Å²) in [6.07, 6.45) is 0. The van der Waals surface area contributed by atoms with Gasteiger partial charge in [0.05, 0.1) is 26.6 Å². The van der Waals surface area contributed by atoms with Gasteiger partial charge in [0.25, 0.3) is 5.56 Å². The van der Waals surface area contributed by atoms with Gasteiger partial charge in [-0.15, -0.1) is 0 Å². The van der Waals surface area contributed by atoms with Crippen LogP contribution in [0.1, 0.15) is 0 Å². The Morgan fingerprint density at radius 3 is 1.96 bits per heavy atom. The van der Waals surface area contributed by atoms with Gasteiger partial charge in [-0.3, -0.25) is 13.8 Å².